The van der Waals surface area contributed by atoms with E-state index < -0.39 is 42.2 Å². The third-order valence-corrected chi connectivity index (χ3v) is 5.13. The molecule has 2 aromatic heterocycles. The summed E-state index contributed by atoms with van der Waals surface area (Å²) in [4.78, 5) is 26.0. The Hall–Kier alpha value is -3.77. The number of nitrogens with one attached hydrogen (secondary N) is 1. The summed E-state index contributed by atoms with van der Waals surface area (Å²) in [5.41, 5.74) is 0.348. The fourth-order valence-corrected chi connectivity index (χ4v) is 3.45. The molecule has 13 heteroatoms. The summed E-state index contributed by atoms with van der Waals surface area (Å²) in [6.45, 7) is 0.246. The molecule has 9 nitrogen and oxygen atoms in total. The summed E-state index contributed by atoms with van der Waals surface area (Å²) in [5, 5.41) is 13.1. The molecule has 1 aliphatic heterocycles. The van der Waals surface area contributed by atoms with Gasteiger partial charge in [0.15, 0.2) is 12.3 Å². The van der Waals surface area contributed by atoms with Crippen molar-refractivity contribution in [2.24, 2.45) is 5.92 Å². The van der Waals surface area contributed by atoms with Crippen LogP contribution in [0.15, 0.2) is 36.4 Å². The topological polar surface area (TPSA) is 102 Å². The van der Waals surface area contributed by atoms with Gasteiger partial charge in [0.05, 0.1) is 5.92 Å². The number of alkyl halides is 3. The highest BCUT2D eigenvalue weighted by Crippen LogP contribution is 2.28. The second-order valence-corrected chi connectivity index (χ2v) is 7.41. The first-order chi connectivity index (χ1) is 15.7. The SMILES string of the molecule is O=C(COC(=O)C1CCN(c2ccc3nnc(C(F)(F)F)n3n2)CC1)Nc1ccc(F)cc1. The Morgan fingerprint density at radius 2 is 1.76 bits per heavy atom. The Kier molecular flexibility index (Phi) is 6.11. The Morgan fingerprint density at radius 1 is 1.06 bits per heavy atom. The van der Waals surface area contributed by atoms with Crippen molar-refractivity contribution >= 4 is 29.0 Å². The first-order valence-corrected chi connectivity index (χ1v) is 9.97. The first kappa shape index (κ1) is 22.4. The van der Waals surface area contributed by atoms with E-state index in [0.29, 0.717) is 42.0 Å². The number of hydrogen-bond acceptors (Lipinski definition) is 7. The lowest BCUT2D eigenvalue weighted by molar-refractivity contribution is -0.152. The van der Waals surface area contributed by atoms with Gasteiger partial charge < -0.3 is 15.0 Å². The molecule has 0 aliphatic carbocycles. The third-order valence-electron chi connectivity index (χ3n) is 5.13. The molecule has 3 heterocycles. The maximum absolute atomic E-state index is 13.1. The van der Waals surface area contributed by atoms with Gasteiger partial charge >= 0.3 is 12.1 Å². The van der Waals surface area contributed by atoms with Gasteiger partial charge in [-0.1, -0.05) is 0 Å². The average molecular weight is 466 g/mol. The van der Waals surface area contributed by atoms with Crippen LogP contribution in [0.5, 0.6) is 0 Å². The van der Waals surface area contributed by atoms with Gasteiger partial charge in [0.1, 0.15) is 11.6 Å². The van der Waals surface area contributed by atoms with Crippen molar-refractivity contribution < 1.29 is 31.9 Å². The lowest BCUT2D eigenvalue weighted by atomic mass is 9.97. The number of anilines is 2. The molecule has 0 spiro atoms. The van der Waals surface area contributed by atoms with E-state index in [1.165, 1.54) is 30.3 Å². The lowest BCUT2D eigenvalue weighted by Crippen LogP contribution is -2.38. The normalized spacial score (nSPS) is 15.0. The van der Waals surface area contributed by atoms with Crippen molar-refractivity contribution in [3.05, 3.63) is 48.0 Å². The first-order valence-electron chi connectivity index (χ1n) is 9.97. The van der Waals surface area contributed by atoms with Crippen LogP contribution in [-0.4, -0.2) is 51.4 Å². The minimum Gasteiger partial charge on any atom is -0.455 e. The maximum atomic E-state index is 13.1. The summed E-state index contributed by atoms with van der Waals surface area (Å²) >= 11 is 0. The van der Waals surface area contributed by atoms with Crippen molar-refractivity contribution in [3.8, 4) is 0 Å². The molecule has 3 aromatic rings. The molecule has 1 saturated heterocycles. The molecular weight excluding hydrogens is 448 g/mol. The summed E-state index contributed by atoms with van der Waals surface area (Å²) in [7, 11) is 0. The third kappa shape index (κ3) is 5.18. The molecule has 0 bridgehead atoms. The van der Waals surface area contributed by atoms with E-state index in [1.54, 1.807) is 11.0 Å². The van der Waals surface area contributed by atoms with E-state index in [2.05, 4.69) is 20.6 Å². The zero-order valence-electron chi connectivity index (χ0n) is 17.0. The van der Waals surface area contributed by atoms with Gasteiger partial charge in [-0.3, -0.25) is 9.59 Å². The Bertz CT molecular complexity index is 1160. The number of hydrogen-bond donors (Lipinski definition) is 1. The van der Waals surface area contributed by atoms with Crippen LogP contribution in [-0.2, 0) is 20.5 Å². The smallest absolute Gasteiger partial charge is 0.453 e. The number of ether oxygens (including phenoxy) is 1. The van der Waals surface area contributed by atoms with Crippen molar-refractivity contribution in [1.29, 1.82) is 0 Å². The second kappa shape index (κ2) is 9.00. The molecule has 1 fully saturated rings. The van der Waals surface area contributed by atoms with Gasteiger partial charge in [-0.2, -0.15) is 17.7 Å². The molecule has 0 radical (unpaired) electrons. The molecule has 33 heavy (non-hydrogen) atoms. The van der Waals surface area contributed by atoms with Gasteiger partial charge in [-0.25, -0.2) is 4.39 Å². The zero-order valence-corrected chi connectivity index (χ0v) is 17.0. The molecule has 1 aromatic carbocycles. The number of rotatable bonds is 5. The molecule has 4 rings (SSSR count). The number of amides is 1. The van der Waals surface area contributed by atoms with Gasteiger partial charge in [0.25, 0.3) is 11.7 Å². The molecule has 1 N–H and O–H groups in total. The van der Waals surface area contributed by atoms with Crippen molar-refractivity contribution in [2.75, 3.05) is 29.9 Å². The Balaban J connectivity index is 1.30. The van der Waals surface area contributed by atoms with Crippen LogP contribution in [0, 0.1) is 11.7 Å². The highest BCUT2D eigenvalue weighted by Gasteiger charge is 2.38. The maximum Gasteiger partial charge on any atom is 0.453 e. The predicted molar refractivity (Wildman–Crippen MR) is 107 cm³/mol. The van der Waals surface area contributed by atoms with Crippen LogP contribution in [0.2, 0.25) is 0 Å². The summed E-state index contributed by atoms with van der Waals surface area (Å²) in [6, 6.07) is 8.08. The highest BCUT2D eigenvalue weighted by atomic mass is 19.4. The number of aromatic nitrogens is 4. The molecule has 0 atom stereocenters. The quantitative estimate of drug-likeness (QED) is 0.456. The number of benzene rings is 1. The van der Waals surface area contributed by atoms with E-state index in [0.717, 1.165) is 0 Å². The largest absolute Gasteiger partial charge is 0.455 e. The van der Waals surface area contributed by atoms with Gasteiger partial charge in [0, 0.05) is 18.8 Å². The summed E-state index contributed by atoms with van der Waals surface area (Å²) < 4.78 is 57.8. The molecular formula is C20H18F4N6O3. The standard InChI is InChI=1S/C20H18F4N6O3/c21-13-1-3-14(4-2-13)25-17(31)11-33-18(32)12-7-9-29(10-8-12)16-6-5-15-26-27-19(20(22,23)24)30(15)28-16/h1-6,12H,7-11H2,(H,25,31). The van der Waals surface area contributed by atoms with Crippen LogP contribution in [0.1, 0.15) is 18.7 Å². The zero-order chi connectivity index (χ0) is 23.6. The van der Waals surface area contributed by atoms with Crippen LogP contribution in [0.4, 0.5) is 29.1 Å². The van der Waals surface area contributed by atoms with E-state index in [4.69, 9.17) is 4.74 Å². The number of halogens is 4. The van der Waals surface area contributed by atoms with Crippen molar-refractivity contribution in [1.82, 2.24) is 19.8 Å². The van der Waals surface area contributed by atoms with Gasteiger partial charge in [0.2, 0.25) is 0 Å². The Morgan fingerprint density at radius 3 is 2.42 bits per heavy atom. The number of esters is 1. The number of fused-ring (bicyclic) bond motifs is 1. The number of carbonyl (C=O) groups is 2. The molecule has 1 amide bonds. The molecule has 174 valence electrons. The number of piperidine rings is 1. The summed E-state index contributed by atoms with van der Waals surface area (Å²) in [5.74, 6) is -2.90. The second-order valence-electron chi connectivity index (χ2n) is 7.41. The van der Waals surface area contributed by atoms with E-state index in [-0.39, 0.29) is 5.65 Å². The van der Waals surface area contributed by atoms with Crippen LogP contribution < -0.4 is 10.2 Å². The predicted octanol–water partition coefficient (Wildman–Crippen LogP) is 2.68. The fraction of sp³-hybridized carbons (Fsp3) is 0.350. The van der Waals surface area contributed by atoms with E-state index in [9.17, 15) is 27.2 Å². The fourth-order valence-electron chi connectivity index (χ4n) is 3.45. The molecule has 0 unspecified atom stereocenters. The van der Waals surface area contributed by atoms with Crippen LogP contribution in [0.3, 0.4) is 0 Å². The van der Waals surface area contributed by atoms with E-state index in [1.807, 2.05) is 0 Å². The van der Waals surface area contributed by atoms with E-state index >= 15 is 0 Å². The minimum absolute atomic E-state index is 0.0246. The number of nitrogens with zero attached hydrogens (tertiary/aromatic N) is 5. The Labute approximate surface area is 184 Å². The van der Waals surface area contributed by atoms with Gasteiger partial charge in [-0.15, -0.1) is 15.3 Å². The monoisotopic (exact) mass is 466 g/mol. The highest BCUT2D eigenvalue weighted by molar-refractivity contribution is 5.92. The van der Waals surface area contributed by atoms with Crippen molar-refractivity contribution in [2.45, 2.75) is 19.0 Å². The number of carbonyl (C=O) groups excluding carboxylic acids is 2. The average Bonchev–Trinajstić information content (AvgIpc) is 3.23. The minimum atomic E-state index is -4.69. The van der Waals surface area contributed by atoms with Crippen LogP contribution >= 0.6 is 0 Å². The lowest BCUT2D eigenvalue weighted by Gasteiger charge is -2.31. The molecule has 1 aliphatic rings. The summed E-state index contributed by atoms with van der Waals surface area (Å²) in [6.07, 6.45) is -3.93. The molecule has 0 saturated carbocycles. The van der Waals surface area contributed by atoms with Crippen LogP contribution in [0.25, 0.3) is 5.65 Å². The van der Waals surface area contributed by atoms with Gasteiger partial charge in [-0.05, 0) is 49.2 Å². The van der Waals surface area contributed by atoms with Crippen molar-refractivity contribution in [3.63, 3.8) is 0 Å².